The fourth-order valence-electron chi connectivity index (χ4n) is 2.13. The Balaban J connectivity index is 0.000000331. The topological polar surface area (TPSA) is 0 Å². The highest BCUT2D eigenvalue weighted by molar-refractivity contribution is 6.83. The molecule has 0 spiro atoms. The molecule has 0 heterocycles. The predicted molar refractivity (Wildman–Crippen MR) is 124 cm³/mol. The molecule has 2 unspecified atom stereocenters. The molecule has 0 fully saturated rings. The molecule has 0 aromatic carbocycles. The minimum Gasteiger partial charge on any atom is -0.0998 e. The molecule has 138 valence electrons. The van der Waals surface area contributed by atoms with E-state index >= 15 is 0 Å². The Morgan fingerprint density at radius 2 is 1.08 bits per heavy atom. The fraction of sp³-hybridized carbons (Fsp3) is 0.619. The molecule has 0 N–H and O–H groups in total. The van der Waals surface area contributed by atoms with Gasteiger partial charge < -0.3 is 0 Å². The van der Waals surface area contributed by atoms with E-state index < -0.39 is 24.2 Å². The van der Waals surface area contributed by atoms with Crippen LogP contribution in [0.4, 0.5) is 0 Å². The molecular formula is C21H42Si3. The van der Waals surface area contributed by atoms with Crippen molar-refractivity contribution in [3.63, 3.8) is 0 Å². The summed E-state index contributed by atoms with van der Waals surface area (Å²) in [6.45, 7) is 28.9. The molecule has 0 radical (unpaired) electrons. The molecule has 0 saturated heterocycles. The minimum atomic E-state index is -1.07. The molecule has 0 aliphatic heterocycles. The third kappa shape index (κ3) is 9.19. The molecule has 2 aliphatic carbocycles. The van der Waals surface area contributed by atoms with Crippen LogP contribution < -0.4 is 0 Å². The summed E-state index contributed by atoms with van der Waals surface area (Å²) in [6.07, 6.45) is 13.9. The van der Waals surface area contributed by atoms with Crippen LogP contribution in [0.3, 0.4) is 0 Å². The molecule has 2 rings (SSSR count). The normalized spacial score (nSPS) is 22.0. The quantitative estimate of drug-likeness (QED) is 0.265. The largest absolute Gasteiger partial charge is 0.0998 e. The second-order valence-electron chi connectivity index (χ2n) is 10.3. The van der Waals surface area contributed by atoms with Gasteiger partial charge >= 0.3 is 0 Å². The maximum atomic E-state index is 3.89. The van der Waals surface area contributed by atoms with E-state index in [1.807, 2.05) is 6.08 Å². The van der Waals surface area contributed by atoms with Gasteiger partial charge in [0.2, 0.25) is 0 Å². The molecular weight excluding hydrogens is 336 g/mol. The number of hydrogen-bond acceptors (Lipinski definition) is 0. The first kappa shape index (κ1) is 23.6. The lowest BCUT2D eigenvalue weighted by molar-refractivity contribution is 0.911. The molecule has 0 bridgehead atoms. The Bertz CT molecular complexity index is 435. The Labute approximate surface area is 155 Å². The number of allylic oxidation sites excluding steroid dienone is 6. The first-order valence-electron chi connectivity index (χ1n) is 9.34. The zero-order chi connectivity index (χ0) is 19.2. The summed E-state index contributed by atoms with van der Waals surface area (Å²) in [6, 6.07) is 0. The van der Waals surface area contributed by atoms with Crippen molar-refractivity contribution in [3.05, 3.63) is 48.7 Å². The fourth-order valence-corrected chi connectivity index (χ4v) is 5.86. The van der Waals surface area contributed by atoms with E-state index in [9.17, 15) is 0 Å². The van der Waals surface area contributed by atoms with Crippen molar-refractivity contribution in [2.24, 2.45) is 0 Å². The lowest BCUT2D eigenvalue weighted by Gasteiger charge is -2.29. The summed E-state index contributed by atoms with van der Waals surface area (Å²) in [7, 11) is -2.59. The highest BCUT2D eigenvalue weighted by Gasteiger charge is 2.27. The Kier molecular flexibility index (Phi) is 9.20. The zero-order valence-corrected chi connectivity index (χ0v) is 20.9. The van der Waals surface area contributed by atoms with Crippen LogP contribution in [0.25, 0.3) is 0 Å². The number of rotatable bonds is 4. The van der Waals surface area contributed by atoms with Gasteiger partial charge in [0.25, 0.3) is 0 Å². The molecule has 0 aromatic rings. The Morgan fingerprint density at radius 1 is 0.792 bits per heavy atom. The van der Waals surface area contributed by atoms with Crippen LogP contribution in [0.1, 0.15) is 12.8 Å². The van der Waals surface area contributed by atoms with Crippen molar-refractivity contribution >= 4 is 24.2 Å². The predicted octanol–water partition coefficient (Wildman–Crippen LogP) is 7.92. The van der Waals surface area contributed by atoms with Crippen molar-refractivity contribution in [1.29, 1.82) is 0 Å². The minimum absolute atomic E-state index is 0.761. The first-order valence-corrected chi connectivity index (χ1v) is 20.0. The van der Waals surface area contributed by atoms with Crippen LogP contribution in [-0.4, -0.2) is 24.2 Å². The average Bonchev–Trinajstić information content (AvgIpc) is 2.18. The van der Waals surface area contributed by atoms with E-state index in [-0.39, 0.29) is 0 Å². The monoisotopic (exact) mass is 378 g/mol. The highest BCUT2D eigenvalue weighted by atomic mass is 28.3. The molecule has 2 atom stereocenters. The summed E-state index contributed by atoms with van der Waals surface area (Å²) in [4.78, 5) is 0. The molecule has 0 amide bonds. The van der Waals surface area contributed by atoms with Gasteiger partial charge in [0.15, 0.2) is 0 Å². The standard InChI is InChI=1S/3C7H14Si/c2*1-8(2,3)7-5-4-6-7;1-6-7(2)8(3,4)5/h2*4-5,7H,6H2,1-3H3;6H,1-2H2,3-5H3. The summed E-state index contributed by atoms with van der Waals surface area (Å²) in [5.41, 5.74) is 1.98. The van der Waals surface area contributed by atoms with E-state index in [0.717, 1.165) is 11.1 Å². The molecule has 3 heteroatoms. The molecule has 2 aliphatic rings. The maximum Gasteiger partial charge on any atom is 0.0767 e. The molecule has 0 nitrogen and oxygen atoms in total. The van der Waals surface area contributed by atoms with E-state index in [1.165, 1.54) is 18.0 Å². The van der Waals surface area contributed by atoms with Crippen LogP contribution in [0.15, 0.2) is 48.7 Å². The second kappa shape index (κ2) is 9.35. The van der Waals surface area contributed by atoms with Gasteiger partial charge in [-0.1, -0.05) is 108 Å². The lowest BCUT2D eigenvalue weighted by Crippen LogP contribution is -2.29. The van der Waals surface area contributed by atoms with Gasteiger partial charge in [0, 0.05) is 0 Å². The van der Waals surface area contributed by atoms with E-state index in [2.05, 4.69) is 96.4 Å². The summed E-state index contributed by atoms with van der Waals surface area (Å²) in [5, 5.41) is 1.23. The van der Waals surface area contributed by atoms with Crippen LogP contribution >= 0.6 is 0 Å². The summed E-state index contributed by atoms with van der Waals surface area (Å²) < 4.78 is 0. The second-order valence-corrected chi connectivity index (χ2v) is 26.3. The van der Waals surface area contributed by atoms with Gasteiger partial charge in [-0.05, 0) is 23.9 Å². The van der Waals surface area contributed by atoms with Gasteiger partial charge in [-0.3, -0.25) is 0 Å². The van der Waals surface area contributed by atoms with Crippen molar-refractivity contribution in [2.75, 3.05) is 0 Å². The average molecular weight is 379 g/mol. The van der Waals surface area contributed by atoms with Crippen molar-refractivity contribution in [3.8, 4) is 0 Å². The van der Waals surface area contributed by atoms with Crippen molar-refractivity contribution < 1.29 is 0 Å². The van der Waals surface area contributed by atoms with Gasteiger partial charge in [0.05, 0.1) is 24.2 Å². The number of hydrogen-bond donors (Lipinski definition) is 0. The molecule has 24 heavy (non-hydrogen) atoms. The Hall–Kier alpha value is -0.389. The van der Waals surface area contributed by atoms with Crippen molar-refractivity contribution in [2.45, 2.75) is 82.8 Å². The van der Waals surface area contributed by atoms with Crippen LogP contribution in [0, 0.1) is 0 Å². The van der Waals surface area contributed by atoms with Gasteiger partial charge in [0.1, 0.15) is 0 Å². The molecule has 0 aromatic heterocycles. The lowest BCUT2D eigenvalue weighted by atomic mass is 10.1. The maximum absolute atomic E-state index is 3.89. The van der Waals surface area contributed by atoms with Crippen molar-refractivity contribution in [1.82, 2.24) is 0 Å². The molecule has 0 saturated carbocycles. The third-order valence-electron chi connectivity index (χ3n) is 4.95. The third-order valence-corrected chi connectivity index (χ3v) is 12.4. The van der Waals surface area contributed by atoms with E-state index in [4.69, 9.17) is 0 Å². The van der Waals surface area contributed by atoms with E-state index in [0.29, 0.717) is 0 Å². The SMILES string of the molecule is C=CC(=C)[Si](C)(C)C.C[Si](C)(C)C1C=CC1.C[Si](C)(C)C1C=CC1. The summed E-state index contributed by atoms with van der Waals surface area (Å²) in [5.74, 6) is 0. The van der Waals surface area contributed by atoms with Gasteiger partial charge in [-0.15, -0.1) is 0 Å². The first-order chi connectivity index (χ1) is 10.7. The summed E-state index contributed by atoms with van der Waals surface area (Å²) >= 11 is 0. The van der Waals surface area contributed by atoms with Crippen LogP contribution in [0.2, 0.25) is 70.0 Å². The van der Waals surface area contributed by atoms with Gasteiger partial charge in [-0.2, -0.15) is 0 Å². The van der Waals surface area contributed by atoms with Crippen LogP contribution in [-0.2, 0) is 0 Å². The van der Waals surface area contributed by atoms with Crippen LogP contribution in [0.5, 0.6) is 0 Å². The van der Waals surface area contributed by atoms with E-state index in [1.54, 1.807) is 0 Å². The van der Waals surface area contributed by atoms with Gasteiger partial charge in [-0.25, -0.2) is 0 Å². The smallest absolute Gasteiger partial charge is 0.0767 e. The highest BCUT2D eigenvalue weighted by Crippen LogP contribution is 2.34. The Morgan fingerprint density at radius 3 is 1.08 bits per heavy atom. The zero-order valence-electron chi connectivity index (χ0n) is 17.9.